The highest BCUT2D eigenvalue weighted by Gasteiger charge is 2.30. The highest BCUT2D eigenvalue weighted by molar-refractivity contribution is 7.18. The number of hydrogen-bond donors (Lipinski definition) is 0. The summed E-state index contributed by atoms with van der Waals surface area (Å²) in [6, 6.07) is 51.7. The molecule has 0 aliphatic heterocycles. The first-order valence-electron chi connectivity index (χ1n) is 15.2. The predicted octanol–water partition coefficient (Wildman–Crippen LogP) is 12.8. The molecule has 230 valence electrons. The molecule has 0 fully saturated rings. The van der Waals surface area contributed by atoms with Crippen LogP contribution in [0.1, 0.15) is 5.56 Å². The molecule has 0 N–H and O–H groups in total. The van der Waals surface area contributed by atoms with Crippen LogP contribution in [0.15, 0.2) is 158 Å². The van der Waals surface area contributed by atoms with Gasteiger partial charge in [-0.15, -0.1) is 11.3 Å². The van der Waals surface area contributed by atoms with Crippen LogP contribution in [0.5, 0.6) is 5.75 Å². The Kier molecular flexibility index (Phi) is 8.23. The van der Waals surface area contributed by atoms with Crippen LogP contribution < -0.4 is 4.74 Å². The minimum atomic E-state index is -4.33. The van der Waals surface area contributed by atoms with Crippen molar-refractivity contribution in [2.75, 3.05) is 7.11 Å². The van der Waals surface area contributed by atoms with Crippen molar-refractivity contribution < 1.29 is 17.9 Å². The molecule has 1 heterocycles. The van der Waals surface area contributed by atoms with E-state index in [9.17, 15) is 13.2 Å². The van der Waals surface area contributed by atoms with E-state index in [0.29, 0.717) is 0 Å². The molecule has 0 amide bonds. The molecule has 0 spiro atoms. The quantitative estimate of drug-likeness (QED) is 0.169. The predicted molar refractivity (Wildman–Crippen MR) is 188 cm³/mol. The molecule has 0 aliphatic carbocycles. The van der Waals surface area contributed by atoms with Gasteiger partial charge in [-0.25, -0.2) is 0 Å². The highest BCUT2D eigenvalue weighted by Crippen LogP contribution is 2.37. The van der Waals surface area contributed by atoms with Gasteiger partial charge in [-0.2, -0.15) is 13.2 Å². The lowest BCUT2D eigenvalue weighted by Crippen LogP contribution is -2.03. The fourth-order valence-corrected chi connectivity index (χ4v) is 6.66. The topological polar surface area (TPSA) is 9.23 Å². The van der Waals surface area contributed by atoms with E-state index in [0.717, 1.165) is 66.6 Å². The number of ether oxygens (including phenoxy) is 1. The van der Waals surface area contributed by atoms with Crippen molar-refractivity contribution in [3.05, 3.63) is 163 Å². The molecule has 0 unspecified atom stereocenters. The zero-order chi connectivity index (χ0) is 32.4. The Bertz CT molecular complexity index is 2090. The van der Waals surface area contributed by atoms with Crippen molar-refractivity contribution in [2.45, 2.75) is 6.18 Å². The lowest BCUT2D eigenvalue weighted by atomic mass is 9.97. The summed E-state index contributed by atoms with van der Waals surface area (Å²) in [5.74, 6) is 0.850. The summed E-state index contributed by atoms with van der Waals surface area (Å²) in [6.45, 7) is 0. The van der Waals surface area contributed by atoms with Crippen molar-refractivity contribution in [1.82, 2.24) is 0 Å². The molecule has 1 nitrogen and oxygen atoms in total. The average Bonchev–Trinajstić information content (AvgIpc) is 3.62. The smallest absolute Gasteiger partial charge is 0.416 e. The van der Waals surface area contributed by atoms with Crippen LogP contribution in [-0.2, 0) is 6.18 Å². The summed E-state index contributed by atoms with van der Waals surface area (Å²) >= 11 is 1.57. The minimum Gasteiger partial charge on any atom is -0.497 e. The molecular formula is C42H29F3OS. The molecule has 5 heteroatoms. The Morgan fingerprint density at radius 3 is 0.894 bits per heavy atom. The first-order valence-corrected chi connectivity index (χ1v) is 16.0. The average molecular weight is 639 g/mol. The van der Waals surface area contributed by atoms with Crippen molar-refractivity contribution >= 4 is 11.3 Å². The summed E-state index contributed by atoms with van der Waals surface area (Å²) in [4.78, 5) is 2.00. The van der Waals surface area contributed by atoms with Crippen LogP contribution >= 0.6 is 11.3 Å². The van der Waals surface area contributed by atoms with Gasteiger partial charge in [0, 0.05) is 9.75 Å². The largest absolute Gasteiger partial charge is 0.497 e. The lowest BCUT2D eigenvalue weighted by Gasteiger charge is -2.09. The van der Waals surface area contributed by atoms with Gasteiger partial charge < -0.3 is 4.74 Å². The normalized spacial score (nSPS) is 11.4. The summed E-state index contributed by atoms with van der Waals surface area (Å²) in [7, 11) is 1.67. The Balaban J connectivity index is 1.01. The molecule has 0 atom stereocenters. The van der Waals surface area contributed by atoms with Crippen molar-refractivity contribution in [3.63, 3.8) is 0 Å². The molecule has 47 heavy (non-hydrogen) atoms. The lowest BCUT2D eigenvalue weighted by molar-refractivity contribution is -0.137. The molecule has 0 saturated heterocycles. The van der Waals surface area contributed by atoms with E-state index >= 15 is 0 Å². The van der Waals surface area contributed by atoms with Gasteiger partial charge in [0.05, 0.1) is 12.7 Å². The van der Waals surface area contributed by atoms with Gasteiger partial charge in [-0.1, -0.05) is 121 Å². The van der Waals surface area contributed by atoms with E-state index in [1.54, 1.807) is 18.4 Å². The number of benzene rings is 6. The fourth-order valence-electron chi connectivity index (χ4n) is 5.65. The van der Waals surface area contributed by atoms with E-state index in [4.69, 9.17) is 4.74 Å². The summed E-state index contributed by atoms with van der Waals surface area (Å²) < 4.78 is 44.1. The molecule has 7 aromatic rings. The van der Waals surface area contributed by atoms with Crippen LogP contribution in [0.3, 0.4) is 0 Å². The minimum absolute atomic E-state index is 0.636. The highest BCUT2D eigenvalue weighted by atomic mass is 32.1. The molecule has 0 radical (unpaired) electrons. The second-order valence-corrected chi connectivity index (χ2v) is 12.4. The van der Waals surface area contributed by atoms with E-state index in [1.807, 2.05) is 24.3 Å². The van der Waals surface area contributed by atoms with Gasteiger partial charge in [-0.05, 0) is 92.0 Å². The van der Waals surface area contributed by atoms with Crippen molar-refractivity contribution in [2.24, 2.45) is 0 Å². The van der Waals surface area contributed by atoms with E-state index in [1.165, 1.54) is 28.8 Å². The van der Waals surface area contributed by atoms with Gasteiger partial charge in [0.25, 0.3) is 0 Å². The molecule has 6 aromatic carbocycles. The monoisotopic (exact) mass is 638 g/mol. The number of halogens is 3. The van der Waals surface area contributed by atoms with Crippen LogP contribution in [-0.4, -0.2) is 7.11 Å². The first kappa shape index (κ1) is 30.3. The second kappa shape index (κ2) is 12.8. The Hall–Kier alpha value is -5.39. The van der Waals surface area contributed by atoms with Gasteiger partial charge in [0.2, 0.25) is 0 Å². The van der Waals surface area contributed by atoms with Gasteiger partial charge >= 0.3 is 6.18 Å². The number of hydrogen-bond acceptors (Lipinski definition) is 2. The first-order chi connectivity index (χ1) is 22.8. The zero-order valence-electron chi connectivity index (χ0n) is 25.5. The maximum absolute atomic E-state index is 12.9. The zero-order valence-corrected chi connectivity index (χ0v) is 26.3. The maximum atomic E-state index is 12.9. The summed E-state index contributed by atoms with van der Waals surface area (Å²) in [6.07, 6.45) is -4.33. The SMILES string of the molecule is COc1ccc(-c2ccc(-c3ccc(-c4ccc(-c5ccc(-c6ccc(-c7ccc(C(F)(F)F)cc7)s6)cc5)cc4)cc3)cc2)cc1. The molecule has 0 saturated carbocycles. The molecular weight excluding hydrogens is 610 g/mol. The van der Waals surface area contributed by atoms with Gasteiger partial charge in [-0.3, -0.25) is 0 Å². The summed E-state index contributed by atoms with van der Waals surface area (Å²) in [5.41, 5.74) is 10.4. The van der Waals surface area contributed by atoms with Crippen molar-refractivity contribution in [3.8, 4) is 71.1 Å². The van der Waals surface area contributed by atoms with E-state index in [-0.39, 0.29) is 0 Å². The number of methoxy groups -OCH3 is 1. The standard InChI is InChI=1S/C42H29F3OS/c1-46-39-24-20-35(21-25-39)33-12-10-31(11-13-33)29-4-2-28(3-5-29)30-6-8-32(9-7-30)34-14-16-36(17-15-34)40-26-27-41(47-40)37-18-22-38(23-19-37)42(43,44)45/h2-27H,1H3. The number of thiophene rings is 1. The maximum Gasteiger partial charge on any atom is 0.416 e. The Morgan fingerprint density at radius 2 is 0.617 bits per heavy atom. The molecule has 1 aromatic heterocycles. The van der Waals surface area contributed by atoms with Gasteiger partial charge in [0.1, 0.15) is 5.75 Å². The molecule has 0 bridgehead atoms. The fraction of sp³-hybridized carbons (Fsp3) is 0.0476. The third-order valence-electron chi connectivity index (χ3n) is 8.35. The number of rotatable bonds is 7. The van der Waals surface area contributed by atoms with Crippen LogP contribution in [0.2, 0.25) is 0 Å². The second-order valence-electron chi connectivity index (χ2n) is 11.3. The van der Waals surface area contributed by atoms with E-state index < -0.39 is 11.7 Å². The Labute approximate surface area is 276 Å². The van der Waals surface area contributed by atoms with Gasteiger partial charge in [0.15, 0.2) is 0 Å². The third-order valence-corrected chi connectivity index (χ3v) is 9.53. The number of alkyl halides is 3. The molecule has 7 rings (SSSR count). The van der Waals surface area contributed by atoms with E-state index in [2.05, 4.69) is 109 Å². The third kappa shape index (κ3) is 6.62. The molecule has 0 aliphatic rings. The Morgan fingerprint density at radius 1 is 0.362 bits per heavy atom. The van der Waals surface area contributed by atoms with Crippen molar-refractivity contribution in [1.29, 1.82) is 0 Å². The van der Waals surface area contributed by atoms with Crippen LogP contribution in [0.25, 0.3) is 65.4 Å². The van der Waals surface area contributed by atoms with Crippen LogP contribution in [0, 0.1) is 0 Å². The van der Waals surface area contributed by atoms with Crippen LogP contribution in [0.4, 0.5) is 13.2 Å². The summed E-state index contributed by atoms with van der Waals surface area (Å²) in [5, 5.41) is 0.